The second kappa shape index (κ2) is 5.87. The molecule has 0 radical (unpaired) electrons. The Labute approximate surface area is 124 Å². The summed E-state index contributed by atoms with van der Waals surface area (Å²) in [6.45, 7) is 15.0. The smallest absolute Gasteiger partial charge is 0.0535 e. The van der Waals surface area contributed by atoms with Crippen LogP contribution < -0.4 is 5.32 Å². The van der Waals surface area contributed by atoms with Crippen LogP contribution in [0.15, 0.2) is 30.3 Å². The summed E-state index contributed by atoms with van der Waals surface area (Å²) in [6.07, 6.45) is 1.25. The quantitative estimate of drug-likeness (QED) is 0.902. The summed E-state index contributed by atoms with van der Waals surface area (Å²) in [4.78, 5) is 2.67. The van der Waals surface area contributed by atoms with E-state index in [-0.39, 0.29) is 11.1 Å². The molecular weight excluding hydrogens is 244 g/mol. The van der Waals surface area contributed by atoms with Crippen LogP contribution in [0.25, 0.3) is 0 Å². The molecular formula is C18H30N2. The normalized spacial score (nSPS) is 28.2. The Morgan fingerprint density at radius 1 is 1.20 bits per heavy atom. The Balaban J connectivity index is 2.19. The topological polar surface area (TPSA) is 15.3 Å². The van der Waals surface area contributed by atoms with E-state index in [1.807, 2.05) is 0 Å². The summed E-state index contributed by atoms with van der Waals surface area (Å²) < 4.78 is 0. The van der Waals surface area contributed by atoms with E-state index in [9.17, 15) is 0 Å². The molecule has 1 aliphatic heterocycles. The van der Waals surface area contributed by atoms with E-state index in [1.54, 1.807) is 0 Å². The number of rotatable bonds is 4. The third-order valence-electron chi connectivity index (χ3n) is 4.91. The van der Waals surface area contributed by atoms with E-state index < -0.39 is 0 Å². The van der Waals surface area contributed by atoms with Gasteiger partial charge in [-0.15, -0.1) is 0 Å². The Hall–Kier alpha value is -0.860. The van der Waals surface area contributed by atoms with Gasteiger partial charge in [-0.05, 0) is 32.3 Å². The van der Waals surface area contributed by atoms with Crippen molar-refractivity contribution in [3.8, 4) is 0 Å². The molecule has 20 heavy (non-hydrogen) atoms. The molecule has 112 valence electrons. The van der Waals surface area contributed by atoms with Gasteiger partial charge in [-0.1, -0.05) is 50.6 Å². The molecule has 0 saturated carbocycles. The average molecular weight is 274 g/mol. The first-order valence-corrected chi connectivity index (χ1v) is 7.93. The van der Waals surface area contributed by atoms with E-state index in [0.29, 0.717) is 0 Å². The first-order chi connectivity index (χ1) is 9.37. The molecule has 2 unspecified atom stereocenters. The number of piperazine rings is 1. The van der Waals surface area contributed by atoms with Gasteiger partial charge in [0.25, 0.3) is 0 Å². The lowest BCUT2D eigenvalue weighted by Gasteiger charge is -2.51. The van der Waals surface area contributed by atoms with Gasteiger partial charge in [-0.3, -0.25) is 4.90 Å². The van der Waals surface area contributed by atoms with Crippen molar-refractivity contribution in [2.75, 3.05) is 19.6 Å². The number of hydrogen-bond acceptors (Lipinski definition) is 2. The van der Waals surface area contributed by atoms with Gasteiger partial charge < -0.3 is 5.32 Å². The van der Waals surface area contributed by atoms with Crippen molar-refractivity contribution < 1.29 is 0 Å². The van der Waals surface area contributed by atoms with Gasteiger partial charge in [0, 0.05) is 25.2 Å². The zero-order valence-corrected chi connectivity index (χ0v) is 13.7. The highest BCUT2D eigenvalue weighted by Gasteiger charge is 2.41. The molecule has 0 aliphatic carbocycles. The number of hydrogen-bond donors (Lipinski definition) is 1. The summed E-state index contributed by atoms with van der Waals surface area (Å²) >= 11 is 0. The molecule has 0 bridgehead atoms. The lowest BCUT2D eigenvalue weighted by molar-refractivity contribution is 0.0203. The zero-order valence-electron chi connectivity index (χ0n) is 13.7. The minimum atomic E-state index is 0.0598. The highest BCUT2D eigenvalue weighted by molar-refractivity contribution is 5.25. The van der Waals surface area contributed by atoms with E-state index in [1.165, 1.54) is 18.5 Å². The Morgan fingerprint density at radius 2 is 1.85 bits per heavy atom. The molecule has 2 nitrogen and oxygen atoms in total. The van der Waals surface area contributed by atoms with Crippen LogP contribution in [0.2, 0.25) is 0 Å². The largest absolute Gasteiger partial charge is 0.305 e. The molecule has 1 fully saturated rings. The van der Waals surface area contributed by atoms with Crippen molar-refractivity contribution in [1.29, 1.82) is 0 Å². The van der Waals surface area contributed by atoms with Crippen LogP contribution in [0.4, 0.5) is 0 Å². The molecule has 1 heterocycles. The van der Waals surface area contributed by atoms with Gasteiger partial charge in [0.2, 0.25) is 0 Å². The molecule has 1 N–H and O–H groups in total. The minimum Gasteiger partial charge on any atom is -0.305 e. The molecule has 1 aromatic carbocycles. The van der Waals surface area contributed by atoms with Crippen molar-refractivity contribution in [2.24, 2.45) is 5.92 Å². The lowest BCUT2D eigenvalue weighted by atomic mass is 9.84. The van der Waals surface area contributed by atoms with E-state index in [4.69, 9.17) is 0 Å². The van der Waals surface area contributed by atoms with Gasteiger partial charge in [0.15, 0.2) is 0 Å². The third kappa shape index (κ3) is 3.24. The monoisotopic (exact) mass is 274 g/mol. The van der Waals surface area contributed by atoms with Crippen LogP contribution in [0.1, 0.15) is 46.6 Å². The Kier molecular flexibility index (Phi) is 4.55. The fourth-order valence-electron chi connectivity index (χ4n) is 2.99. The van der Waals surface area contributed by atoms with E-state index in [0.717, 1.165) is 19.0 Å². The van der Waals surface area contributed by atoms with Crippen LogP contribution in [-0.4, -0.2) is 30.1 Å². The standard InChI is InChI=1S/C18H30N2/c1-6-15(2)12-20-14-18(5,19-13-17(20,3)4)16-10-8-7-9-11-16/h7-11,15,19H,6,12-14H2,1-5H3. The van der Waals surface area contributed by atoms with Crippen LogP contribution in [-0.2, 0) is 5.54 Å². The summed E-state index contributed by atoms with van der Waals surface area (Å²) in [5.41, 5.74) is 1.69. The predicted molar refractivity (Wildman–Crippen MR) is 86.9 cm³/mol. The first kappa shape index (κ1) is 15.5. The van der Waals surface area contributed by atoms with Gasteiger partial charge in [-0.2, -0.15) is 0 Å². The predicted octanol–water partition coefficient (Wildman–Crippen LogP) is 3.63. The zero-order chi connectivity index (χ0) is 14.8. The van der Waals surface area contributed by atoms with Gasteiger partial charge in [0.05, 0.1) is 5.54 Å². The molecule has 2 heteroatoms. The maximum Gasteiger partial charge on any atom is 0.0535 e. The summed E-state index contributed by atoms with van der Waals surface area (Å²) in [5, 5.41) is 3.78. The number of benzene rings is 1. The molecule has 0 aromatic heterocycles. The van der Waals surface area contributed by atoms with Crippen LogP contribution in [0.5, 0.6) is 0 Å². The molecule has 1 aromatic rings. The lowest BCUT2D eigenvalue weighted by Crippen LogP contribution is -2.66. The Bertz CT molecular complexity index is 426. The maximum atomic E-state index is 3.78. The number of nitrogens with one attached hydrogen (secondary N) is 1. The second-order valence-electron chi connectivity index (χ2n) is 7.26. The highest BCUT2D eigenvalue weighted by atomic mass is 15.3. The van der Waals surface area contributed by atoms with Crippen molar-refractivity contribution in [3.63, 3.8) is 0 Å². The molecule has 1 saturated heterocycles. The van der Waals surface area contributed by atoms with Crippen LogP contribution in [0.3, 0.4) is 0 Å². The molecule has 1 aliphatic rings. The summed E-state index contributed by atoms with van der Waals surface area (Å²) in [5.74, 6) is 0.757. The van der Waals surface area contributed by atoms with Crippen molar-refractivity contribution >= 4 is 0 Å². The van der Waals surface area contributed by atoms with Gasteiger partial charge in [0.1, 0.15) is 0 Å². The molecule has 2 atom stereocenters. The molecule has 0 amide bonds. The maximum absolute atomic E-state index is 3.78. The van der Waals surface area contributed by atoms with Crippen LogP contribution >= 0.6 is 0 Å². The third-order valence-corrected chi connectivity index (χ3v) is 4.91. The minimum absolute atomic E-state index is 0.0598. The fraction of sp³-hybridized carbons (Fsp3) is 0.667. The molecule has 2 rings (SSSR count). The average Bonchev–Trinajstić information content (AvgIpc) is 2.44. The highest BCUT2D eigenvalue weighted by Crippen LogP contribution is 2.31. The van der Waals surface area contributed by atoms with Crippen molar-refractivity contribution in [3.05, 3.63) is 35.9 Å². The Morgan fingerprint density at radius 3 is 2.45 bits per heavy atom. The summed E-state index contributed by atoms with van der Waals surface area (Å²) in [7, 11) is 0. The number of nitrogens with zero attached hydrogens (tertiary/aromatic N) is 1. The second-order valence-corrected chi connectivity index (χ2v) is 7.26. The van der Waals surface area contributed by atoms with Crippen molar-refractivity contribution in [2.45, 2.75) is 52.1 Å². The first-order valence-electron chi connectivity index (χ1n) is 7.93. The van der Waals surface area contributed by atoms with Crippen molar-refractivity contribution in [1.82, 2.24) is 10.2 Å². The molecule has 0 spiro atoms. The SMILES string of the molecule is CCC(C)CN1CC(C)(c2ccccc2)NCC1(C)C. The van der Waals surface area contributed by atoms with Gasteiger partial charge >= 0.3 is 0 Å². The van der Waals surface area contributed by atoms with E-state index in [2.05, 4.69) is 75.2 Å². The fourth-order valence-corrected chi connectivity index (χ4v) is 2.99. The van der Waals surface area contributed by atoms with Gasteiger partial charge in [-0.25, -0.2) is 0 Å². The van der Waals surface area contributed by atoms with Crippen LogP contribution in [0, 0.1) is 5.92 Å². The van der Waals surface area contributed by atoms with E-state index >= 15 is 0 Å². The summed E-state index contributed by atoms with van der Waals surface area (Å²) in [6, 6.07) is 10.9.